The van der Waals surface area contributed by atoms with Crippen LogP contribution in [0, 0.1) is 16.0 Å². The number of alkyl halides is 2. The Kier molecular flexibility index (Phi) is 7.32. The third kappa shape index (κ3) is 6.33. The Morgan fingerprint density at radius 2 is 2.04 bits per heavy atom. The number of benzene rings is 1. The van der Waals surface area contributed by atoms with Crippen LogP contribution in [0.5, 0.6) is 11.5 Å². The van der Waals surface area contributed by atoms with E-state index in [1.807, 2.05) is 0 Å². The van der Waals surface area contributed by atoms with Crippen molar-refractivity contribution < 1.29 is 32.7 Å². The van der Waals surface area contributed by atoms with E-state index in [2.05, 4.69) is 4.74 Å². The van der Waals surface area contributed by atoms with Gasteiger partial charge in [-0.05, 0) is 43.4 Å². The van der Waals surface area contributed by atoms with Gasteiger partial charge in [0.1, 0.15) is 0 Å². The molecule has 9 heteroatoms. The van der Waals surface area contributed by atoms with Gasteiger partial charge in [-0.15, -0.1) is 0 Å². The normalized spacial score (nSPS) is 15.9. The minimum absolute atomic E-state index is 0.0871. The number of esters is 1. The molecule has 27 heavy (non-hydrogen) atoms. The predicted octanol–water partition coefficient (Wildman–Crippen LogP) is 3.78. The van der Waals surface area contributed by atoms with Crippen molar-refractivity contribution in [2.24, 2.45) is 5.92 Å². The van der Waals surface area contributed by atoms with Gasteiger partial charge in [0.15, 0.2) is 11.5 Å². The van der Waals surface area contributed by atoms with Gasteiger partial charge in [-0.25, -0.2) is 0 Å². The summed E-state index contributed by atoms with van der Waals surface area (Å²) < 4.78 is 40.2. The highest BCUT2D eigenvalue weighted by atomic mass is 19.3. The Hall–Kier alpha value is -2.45. The monoisotopic (exact) mass is 387 g/mol. The number of halogens is 2. The zero-order chi connectivity index (χ0) is 20.0. The molecule has 7 nitrogen and oxygen atoms in total. The smallest absolute Gasteiger partial charge is 0.387 e. The maximum absolute atomic E-state index is 12.6. The van der Waals surface area contributed by atoms with Crippen molar-refractivity contribution in [3.63, 3.8) is 0 Å². The lowest BCUT2D eigenvalue weighted by Crippen LogP contribution is -2.27. The first kappa shape index (κ1) is 20.9. The molecule has 0 amide bonds. The molecule has 1 aromatic rings. The highest BCUT2D eigenvalue weighted by Crippen LogP contribution is 2.37. The third-order valence-corrected chi connectivity index (χ3v) is 4.39. The number of nitro groups is 1. The van der Waals surface area contributed by atoms with Crippen molar-refractivity contribution in [3.05, 3.63) is 33.9 Å². The van der Waals surface area contributed by atoms with Crippen molar-refractivity contribution in [1.82, 2.24) is 0 Å². The second-order valence-electron chi connectivity index (χ2n) is 6.48. The average Bonchev–Trinajstić information content (AvgIpc) is 3.42. The molecular formula is C18H23F2NO6. The lowest BCUT2D eigenvalue weighted by atomic mass is 9.89. The summed E-state index contributed by atoms with van der Waals surface area (Å²) in [5.41, 5.74) is 0.430. The average molecular weight is 387 g/mol. The molecule has 1 aliphatic carbocycles. The molecule has 2 unspecified atom stereocenters. The van der Waals surface area contributed by atoms with Gasteiger partial charge in [-0.2, -0.15) is 8.78 Å². The predicted molar refractivity (Wildman–Crippen MR) is 91.7 cm³/mol. The first-order chi connectivity index (χ1) is 12.8. The molecule has 2 atom stereocenters. The van der Waals surface area contributed by atoms with E-state index in [1.54, 1.807) is 6.92 Å². The van der Waals surface area contributed by atoms with Crippen molar-refractivity contribution in [2.75, 3.05) is 13.2 Å². The quantitative estimate of drug-likeness (QED) is 0.326. The number of hydrogen-bond acceptors (Lipinski definition) is 6. The van der Waals surface area contributed by atoms with Crippen LogP contribution >= 0.6 is 0 Å². The second kappa shape index (κ2) is 9.48. The fraction of sp³-hybridized carbons (Fsp3) is 0.611. The number of carbonyl (C=O) groups is 1. The van der Waals surface area contributed by atoms with Crippen LogP contribution in [0.3, 0.4) is 0 Å². The van der Waals surface area contributed by atoms with Crippen LogP contribution in [0.4, 0.5) is 8.78 Å². The number of carbonyl (C=O) groups excluding carboxylic acids is 1. The van der Waals surface area contributed by atoms with E-state index in [-0.39, 0.29) is 24.5 Å². The van der Waals surface area contributed by atoms with Gasteiger partial charge < -0.3 is 14.2 Å². The van der Waals surface area contributed by atoms with Crippen molar-refractivity contribution >= 4 is 5.97 Å². The number of ether oxygens (including phenoxy) is 3. The first-order valence-electron chi connectivity index (χ1n) is 8.82. The molecule has 1 fully saturated rings. The first-order valence-corrected chi connectivity index (χ1v) is 8.82. The standard InChI is InChI=1S/C18H23F2NO6/c1-3-25-17(22)9-14(11(2)21(23)24)13-6-7-15(27-18(19)20)16(8-13)26-10-12-4-5-12/h6-8,11-12,14,18H,3-5,9-10H2,1-2H3. The molecule has 0 radical (unpaired) electrons. The summed E-state index contributed by atoms with van der Waals surface area (Å²) in [6.07, 6.45) is 1.82. The van der Waals surface area contributed by atoms with E-state index in [9.17, 15) is 23.7 Å². The molecule has 0 heterocycles. The van der Waals surface area contributed by atoms with Gasteiger partial charge in [-0.3, -0.25) is 14.9 Å². The molecule has 0 N–H and O–H groups in total. The van der Waals surface area contributed by atoms with Gasteiger partial charge in [0.25, 0.3) is 0 Å². The maximum atomic E-state index is 12.6. The van der Waals surface area contributed by atoms with Crippen LogP contribution in [-0.2, 0) is 9.53 Å². The Bertz CT molecular complexity index is 665. The molecule has 0 spiro atoms. The van der Waals surface area contributed by atoms with Gasteiger partial charge in [0, 0.05) is 11.8 Å². The number of nitrogens with zero attached hydrogens (tertiary/aromatic N) is 1. The van der Waals surface area contributed by atoms with E-state index >= 15 is 0 Å². The summed E-state index contributed by atoms with van der Waals surface area (Å²) in [6.45, 7) is 0.528. The van der Waals surface area contributed by atoms with Crippen molar-refractivity contribution in [1.29, 1.82) is 0 Å². The molecule has 1 aromatic carbocycles. The fourth-order valence-electron chi connectivity index (χ4n) is 2.67. The molecule has 0 aromatic heterocycles. The van der Waals surface area contributed by atoms with E-state index in [0.717, 1.165) is 12.8 Å². The highest BCUT2D eigenvalue weighted by Gasteiger charge is 2.32. The minimum Gasteiger partial charge on any atom is -0.489 e. The van der Waals surface area contributed by atoms with E-state index < -0.39 is 29.5 Å². The summed E-state index contributed by atoms with van der Waals surface area (Å²) in [6, 6.07) is 3.08. The van der Waals surface area contributed by atoms with E-state index in [4.69, 9.17) is 9.47 Å². The van der Waals surface area contributed by atoms with Crippen molar-refractivity contribution in [3.8, 4) is 11.5 Å². The van der Waals surface area contributed by atoms with Gasteiger partial charge in [-0.1, -0.05) is 6.07 Å². The molecule has 1 saturated carbocycles. The van der Waals surface area contributed by atoms with Crippen LogP contribution < -0.4 is 9.47 Å². The third-order valence-electron chi connectivity index (χ3n) is 4.39. The Labute approximate surface area is 155 Å². The summed E-state index contributed by atoms with van der Waals surface area (Å²) >= 11 is 0. The highest BCUT2D eigenvalue weighted by molar-refractivity contribution is 5.70. The lowest BCUT2D eigenvalue weighted by Gasteiger charge is -2.20. The Balaban J connectivity index is 2.29. The second-order valence-corrected chi connectivity index (χ2v) is 6.48. The molecule has 0 saturated heterocycles. The van der Waals surface area contributed by atoms with Crippen LogP contribution in [0.2, 0.25) is 0 Å². The minimum atomic E-state index is -3.02. The number of rotatable bonds is 11. The fourth-order valence-corrected chi connectivity index (χ4v) is 2.67. The van der Waals surface area contributed by atoms with Gasteiger partial charge in [0.05, 0.1) is 25.6 Å². The molecule has 0 aliphatic heterocycles. The van der Waals surface area contributed by atoms with Gasteiger partial charge >= 0.3 is 12.6 Å². The van der Waals surface area contributed by atoms with E-state index in [1.165, 1.54) is 25.1 Å². The zero-order valence-electron chi connectivity index (χ0n) is 15.2. The SMILES string of the molecule is CCOC(=O)CC(c1ccc(OC(F)F)c(OCC2CC2)c1)C(C)[N+](=O)[O-]. The number of hydrogen-bond donors (Lipinski definition) is 0. The maximum Gasteiger partial charge on any atom is 0.387 e. The molecule has 150 valence electrons. The summed E-state index contributed by atoms with van der Waals surface area (Å²) in [4.78, 5) is 22.7. The zero-order valence-corrected chi connectivity index (χ0v) is 15.2. The van der Waals surface area contributed by atoms with Crippen LogP contribution in [0.15, 0.2) is 18.2 Å². The van der Waals surface area contributed by atoms with Crippen LogP contribution in [-0.4, -0.2) is 36.8 Å². The summed E-state index contributed by atoms with van der Waals surface area (Å²) in [7, 11) is 0. The Morgan fingerprint density at radius 1 is 1.33 bits per heavy atom. The summed E-state index contributed by atoms with van der Waals surface area (Å²) in [5.74, 6) is -1.03. The molecule has 0 bridgehead atoms. The van der Waals surface area contributed by atoms with E-state index in [0.29, 0.717) is 18.1 Å². The van der Waals surface area contributed by atoms with Crippen LogP contribution in [0.1, 0.15) is 44.6 Å². The topological polar surface area (TPSA) is 87.9 Å². The molecule has 1 aliphatic rings. The van der Waals surface area contributed by atoms with Crippen molar-refractivity contribution in [2.45, 2.75) is 51.7 Å². The molecule has 2 rings (SSSR count). The molecular weight excluding hydrogens is 364 g/mol. The van der Waals surface area contributed by atoms with Gasteiger partial charge in [0.2, 0.25) is 6.04 Å². The largest absolute Gasteiger partial charge is 0.489 e. The Morgan fingerprint density at radius 3 is 2.59 bits per heavy atom. The van der Waals surface area contributed by atoms with Crippen LogP contribution in [0.25, 0.3) is 0 Å². The lowest BCUT2D eigenvalue weighted by molar-refractivity contribution is -0.522. The summed E-state index contributed by atoms with van der Waals surface area (Å²) in [5, 5.41) is 11.3.